The van der Waals surface area contributed by atoms with Crippen molar-refractivity contribution in [3.05, 3.63) is 211 Å². The molecule has 0 bridgehead atoms. The second kappa shape index (κ2) is 14.6. The lowest BCUT2D eigenvalue weighted by molar-refractivity contribution is 0.591. The molecule has 0 N–H and O–H groups in total. The van der Waals surface area contributed by atoms with Gasteiger partial charge in [-0.3, -0.25) is 0 Å². The summed E-state index contributed by atoms with van der Waals surface area (Å²) in [6, 6.07) is 75.2. The number of aromatic nitrogens is 2. The maximum absolute atomic E-state index is 2.78. The first kappa shape index (κ1) is 39.3. The molecule has 9 aromatic carbocycles. The molecule has 2 aromatic heterocycles. The van der Waals surface area contributed by atoms with Crippen molar-refractivity contribution in [1.82, 2.24) is 9.05 Å². The Balaban J connectivity index is 1.34. The van der Waals surface area contributed by atoms with E-state index in [4.69, 9.17) is 0 Å². The summed E-state index contributed by atoms with van der Waals surface area (Å²) in [7, 11) is 0. The standard InChI is InChI=1S/C62H51BN2/c1-61(2,3)46-31-32-47-48-33-34-53(62(4,5)6)57-60(48)64(56(47)39-46)55-30-20-19-29-54(55)63(57)65-58-49(42-25-15-9-16-26-42)35-44(40-21-11-7-12-22-40)37-51(58)52-38-45(41-23-13-8-14-24-41)36-50(59(52)65)43-27-17-10-18-28-43/h7-39H,1-6H3. The minimum atomic E-state index is -0.168. The maximum Gasteiger partial charge on any atom is 0.332 e. The fourth-order valence-corrected chi connectivity index (χ4v) is 11.0. The van der Waals surface area contributed by atoms with Gasteiger partial charge >= 0.3 is 6.85 Å². The molecule has 1 aliphatic heterocycles. The van der Waals surface area contributed by atoms with Crippen LogP contribution in [0.15, 0.2) is 200 Å². The van der Waals surface area contributed by atoms with Crippen LogP contribution in [0.25, 0.3) is 93.8 Å². The second-order valence-corrected chi connectivity index (χ2v) is 20.1. The molecule has 1 aliphatic rings. The van der Waals surface area contributed by atoms with Crippen LogP contribution >= 0.6 is 0 Å². The van der Waals surface area contributed by atoms with Gasteiger partial charge in [-0.25, -0.2) is 0 Å². The molecule has 312 valence electrons. The fourth-order valence-electron chi connectivity index (χ4n) is 11.0. The van der Waals surface area contributed by atoms with Gasteiger partial charge in [0.15, 0.2) is 0 Å². The van der Waals surface area contributed by atoms with Gasteiger partial charge in [0.2, 0.25) is 0 Å². The van der Waals surface area contributed by atoms with Crippen molar-refractivity contribution in [2.75, 3.05) is 0 Å². The van der Waals surface area contributed by atoms with Gasteiger partial charge < -0.3 is 9.05 Å². The summed E-state index contributed by atoms with van der Waals surface area (Å²) in [5.74, 6) is 0. The van der Waals surface area contributed by atoms with Crippen LogP contribution in [0.1, 0.15) is 52.7 Å². The van der Waals surface area contributed by atoms with Gasteiger partial charge in [0.25, 0.3) is 0 Å². The van der Waals surface area contributed by atoms with Crippen molar-refractivity contribution in [3.8, 4) is 50.2 Å². The smallest absolute Gasteiger partial charge is 0.332 e. The minimum Gasteiger partial charge on any atom is -0.375 e. The summed E-state index contributed by atoms with van der Waals surface area (Å²) < 4.78 is 5.39. The summed E-state index contributed by atoms with van der Waals surface area (Å²) in [5, 5.41) is 5.09. The third-order valence-corrected chi connectivity index (χ3v) is 14.0. The first-order valence-electron chi connectivity index (χ1n) is 23.1. The molecule has 0 spiro atoms. The molecule has 3 heteroatoms. The van der Waals surface area contributed by atoms with Crippen molar-refractivity contribution >= 4 is 61.4 Å². The van der Waals surface area contributed by atoms with Crippen LogP contribution in [-0.2, 0) is 10.8 Å². The van der Waals surface area contributed by atoms with Gasteiger partial charge in [0, 0.05) is 49.4 Å². The van der Waals surface area contributed by atoms with E-state index in [9.17, 15) is 0 Å². The molecule has 0 radical (unpaired) electrons. The zero-order valence-corrected chi connectivity index (χ0v) is 38.0. The van der Waals surface area contributed by atoms with E-state index in [1.807, 2.05) is 0 Å². The number of para-hydroxylation sites is 1. The van der Waals surface area contributed by atoms with Gasteiger partial charge in [-0.05, 0) is 103 Å². The van der Waals surface area contributed by atoms with E-state index in [-0.39, 0.29) is 17.7 Å². The summed E-state index contributed by atoms with van der Waals surface area (Å²) in [6.07, 6.45) is 0. The van der Waals surface area contributed by atoms with Crippen molar-refractivity contribution < 1.29 is 0 Å². The number of hydrogen-bond donors (Lipinski definition) is 0. The van der Waals surface area contributed by atoms with Crippen molar-refractivity contribution in [2.45, 2.75) is 52.4 Å². The van der Waals surface area contributed by atoms with Crippen LogP contribution in [-0.4, -0.2) is 15.9 Å². The highest BCUT2D eigenvalue weighted by molar-refractivity contribution is 6.89. The van der Waals surface area contributed by atoms with Crippen LogP contribution in [0.3, 0.4) is 0 Å². The van der Waals surface area contributed by atoms with Gasteiger partial charge in [-0.1, -0.05) is 205 Å². The topological polar surface area (TPSA) is 9.86 Å². The Morgan fingerprint density at radius 3 is 1.35 bits per heavy atom. The SMILES string of the molecule is CC(C)(C)c1ccc2c3ccc(C(C)(C)C)c4c3n(c2c1)-c1ccccc1B4n1c2c(-c3ccccc3)cc(-c3ccccc3)cc2c2cc(-c3ccccc3)cc(-c3ccccc3)c21. The molecular formula is C62H51BN2. The summed E-state index contributed by atoms with van der Waals surface area (Å²) in [4.78, 5) is 0. The lowest BCUT2D eigenvalue weighted by atomic mass is 9.46. The second-order valence-electron chi connectivity index (χ2n) is 20.1. The summed E-state index contributed by atoms with van der Waals surface area (Å²) in [6.45, 7) is 14.0. The predicted octanol–water partition coefficient (Wildman–Crippen LogP) is 15.1. The van der Waals surface area contributed by atoms with Gasteiger partial charge in [-0.15, -0.1) is 0 Å². The normalized spacial score (nSPS) is 12.7. The van der Waals surface area contributed by atoms with Crippen LogP contribution < -0.4 is 10.9 Å². The predicted molar refractivity (Wildman–Crippen MR) is 280 cm³/mol. The maximum atomic E-state index is 2.78. The Bertz CT molecular complexity index is 3500. The van der Waals surface area contributed by atoms with E-state index in [2.05, 4.69) is 251 Å². The highest BCUT2D eigenvalue weighted by atomic mass is 15.0. The van der Waals surface area contributed by atoms with Crippen molar-refractivity contribution in [1.29, 1.82) is 0 Å². The summed E-state index contributed by atoms with van der Waals surface area (Å²) in [5.41, 5.74) is 21.2. The molecule has 12 rings (SSSR count). The van der Waals surface area contributed by atoms with E-state index in [1.54, 1.807) is 0 Å². The zero-order chi connectivity index (χ0) is 44.2. The van der Waals surface area contributed by atoms with Crippen LogP contribution in [0, 0.1) is 0 Å². The molecule has 0 saturated carbocycles. The Morgan fingerprint density at radius 1 is 0.369 bits per heavy atom. The van der Waals surface area contributed by atoms with E-state index < -0.39 is 0 Å². The Morgan fingerprint density at radius 2 is 0.846 bits per heavy atom. The molecule has 0 amide bonds. The largest absolute Gasteiger partial charge is 0.375 e. The van der Waals surface area contributed by atoms with Crippen LogP contribution in [0.4, 0.5) is 0 Å². The van der Waals surface area contributed by atoms with Crippen molar-refractivity contribution in [3.63, 3.8) is 0 Å². The number of benzene rings is 9. The Labute approximate surface area is 382 Å². The van der Waals surface area contributed by atoms with E-state index in [0.717, 1.165) is 0 Å². The zero-order valence-electron chi connectivity index (χ0n) is 38.0. The minimum absolute atomic E-state index is 0.00288. The molecule has 11 aromatic rings. The molecule has 0 aliphatic carbocycles. The van der Waals surface area contributed by atoms with Crippen LogP contribution in [0.2, 0.25) is 0 Å². The van der Waals surface area contributed by atoms with Crippen molar-refractivity contribution in [2.24, 2.45) is 0 Å². The van der Waals surface area contributed by atoms with E-state index in [1.165, 1.54) is 116 Å². The average molecular weight is 835 g/mol. The van der Waals surface area contributed by atoms with E-state index >= 15 is 0 Å². The number of hydrogen-bond acceptors (Lipinski definition) is 0. The van der Waals surface area contributed by atoms with E-state index in [0.29, 0.717) is 0 Å². The average Bonchev–Trinajstić information content (AvgIpc) is 3.85. The lowest BCUT2D eigenvalue weighted by Crippen LogP contribution is -2.55. The first-order valence-corrected chi connectivity index (χ1v) is 23.1. The monoisotopic (exact) mass is 834 g/mol. The summed E-state index contributed by atoms with van der Waals surface area (Å²) >= 11 is 0. The molecule has 2 nitrogen and oxygen atoms in total. The molecule has 0 fully saturated rings. The molecule has 3 heterocycles. The fraction of sp³-hybridized carbons (Fsp3) is 0.129. The Hall–Kier alpha value is -7.36. The molecule has 0 unspecified atom stereocenters. The molecular weight excluding hydrogens is 784 g/mol. The number of rotatable bonds is 5. The number of fused-ring (bicyclic) bond motifs is 8. The molecule has 0 saturated heterocycles. The third-order valence-electron chi connectivity index (χ3n) is 14.0. The number of nitrogens with zero attached hydrogens (tertiary/aromatic N) is 2. The lowest BCUT2D eigenvalue weighted by Gasteiger charge is -2.34. The molecule has 65 heavy (non-hydrogen) atoms. The quantitative estimate of drug-likeness (QED) is 0.153. The highest BCUT2D eigenvalue weighted by Gasteiger charge is 2.41. The van der Waals surface area contributed by atoms with Gasteiger partial charge in [0.05, 0.1) is 11.0 Å². The first-order chi connectivity index (χ1) is 31.5. The molecule has 0 atom stereocenters. The van der Waals surface area contributed by atoms with Gasteiger partial charge in [-0.2, -0.15) is 0 Å². The van der Waals surface area contributed by atoms with Gasteiger partial charge in [0.1, 0.15) is 0 Å². The van der Waals surface area contributed by atoms with Crippen LogP contribution in [0.5, 0.6) is 0 Å². The Kier molecular flexibility index (Phi) is 8.81. The highest BCUT2D eigenvalue weighted by Crippen LogP contribution is 2.46. The third kappa shape index (κ3) is 6.16.